The maximum Gasteiger partial charge on any atom is 0.336 e. The van der Waals surface area contributed by atoms with Gasteiger partial charge in [-0.1, -0.05) is 6.07 Å². The van der Waals surface area contributed by atoms with Gasteiger partial charge in [-0.05, 0) is 83.2 Å². The first-order valence-electron chi connectivity index (χ1n) is 25.6. The number of rotatable bonds is 28. The molecule has 2 aromatic carbocycles. The number of carbonyl (C=O) groups excluding carboxylic acids is 9. The van der Waals surface area contributed by atoms with Crippen LogP contribution in [0, 0.1) is 11.6 Å². The molecule has 5 rings (SSSR count). The van der Waals surface area contributed by atoms with Gasteiger partial charge in [0, 0.05) is 72.4 Å². The Morgan fingerprint density at radius 2 is 1.31 bits per heavy atom. The third-order valence-electron chi connectivity index (χ3n) is 12.8. The summed E-state index contributed by atoms with van der Waals surface area (Å²) in [7, 11) is 0. The van der Waals surface area contributed by atoms with Crippen molar-refractivity contribution in [2.45, 2.75) is 122 Å². The summed E-state index contributed by atoms with van der Waals surface area (Å²) in [5.41, 5.74) is 3.56. The van der Waals surface area contributed by atoms with Gasteiger partial charge in [0.25, 0.3) is 5.91 Å². The van der Waals surface area contributed by atoms with Crippen molar-refractivity contribution in [3.05, 3.63) is 93.7 Å². The molecule has 30 heteroatoms. The van der Waals surface area contributed by atoms with Gasteiger partial charge < -0.3 is 78.1 Å². The van der Waals surface area contributed by atoms with Gasteiger partial charge in [-0.25, -0.2) is 18.6 Å². The molecule has 8 atom stereocenters. The summed E-state index contributed by atoms with van der Waals surface area (Å²) in [6, 6.07) is -3.02. The number of fused-ring (bicyclic) bond motifs is 2. The number of carboxylic acid groups (broad SMARTS) is 2. The molecule has 2 heterocycles. The van der Waals surface area contributed by atoms with Gasteiger partial charge in [0.15, 0.2) is 17.4 Å². The second-order valence-electron chi connectivity index (χ2n) is 19.3. The Balaban J connectivity index is 1.13. The van der Waals surface area contributed by atoms with Crippen LogP contribution in [0.1, 0.15) is 93.1 Å². The number of benzene rings is 3. The third kappa shape index (κ3) is 17.3. The molecule has 0 unspecified atom stereocenters. The number of hydrogen-bond acceptors (Lipinski definition) is 16. The highest BCUT2D eigenvalue weighted by Gasteiger charge is 2.34. The molecule has 444 valence electrons. The van der Waals surface area contributed by atoms with Crippen molar-refractivity contribution in [3.63, 3.8) is 0 Å². The molecule has 3 aromatic rings. The summed E-state index contributed by atoms with van der Waals surface area (Å²) in [6.45, 7) is 6.03. The minimum absolute atomic E-state index is 0.00342. The fourth-order valence-corrected chi connectivity index (χ4v) is 8.35. The topological polar surface area (TPSA) is 450 Å². The van der Waals surface area contributed by atoms with Crippen LogP contribution in [-0.4, -0.2) is 150 Å². The monoisotopic (exact) mass is 1160 g/mol. The largest absolute Gasteiger partial charge is 0.505 e. The Morgan fingerprint density at radius 3 is 1.89 bits per heavy atom. The van der Waals surface area contributed by atoms with E-state index in [2.05, 4.69) is 52.5 Å². The fraction of sp³-hybridized carbons (Fsp3) is 0.377. The number of aliphatic hydroxyl groups excluding tert-OH is 1. The van der Waals surface area contributed by atoms with Crippen molar-refractivity contribution in [2.24, 2.45) is 5.73 Å². The number of aromatic nitrogens is 2. The number of phenolic OH excluding ortho intramolecular Hbond substituents is 1. The summed E-state index contributed by atoms with van der Waals surface area (Å²) in [4.78, 5) is 160. The normalized spacial score (nSPS) is 14.0. The number of phenols is 1. The minimum atomic E-state index is -1.74. The molecule has 28 nitrogen and oxygen atoms in total. The van der Waals surface area contributed by atoms with E-state index < -0.39 is 148 Å². The van der Waals surface area contributed by atoms with Gasteiger partial charge in [-0.3, -0.25) is 52.7 Å². The first-order chi connectivity index (χ1) is 39.1. The lowest BCUT2D eigenvalue weighted by Crippen LogP contribution is -2.61. The quantitative estimate of drug-likeness (QED) is 0.0218. The fourth-order valence-electron chi connectivity index (χ4n) is 8.35. The summed E-state index contributed by atoms with van der Waals surface area (Å²) < 4.78 is 35.0. The highest BCUT2D eigenvalue weighted by Crippen LogP contribution is 2.43. The van der Waals surface area contributed by atoms with Gasteiger partial charge in [0.2, 0.25) is 52.7 Å². The molecule has 83 heavy (non-hydrogen) atoms. The Morgan fingerprint density at radius 1 is 0.699 bits per heavy atom. The van der Waals surface area contributed by atoms with Crippen molar-refractivity contribution in [3.8, 4) is 28.2 Å². The molecule has 15 N–H and O–H groups in total. The summed E-state index contributed by atoms with van der Waals surface area (Å²) in [6.07, 6.45) is 0.279. The lowest BCUT2D eigenvalue weighted by Gasteiger charge is -2.27. The number of nitrogens with one attached hydrogen (secondary N) is 9. The molecule has 0 bridgehead atoms. The molecule has 2 aliphatic rings. The molecular formula is C53H61F2N11O17. The standard InChI is InChI=1S/C53H61F2N11O17/c1-22(46(74)61-24(3)48(76)66-44(25(4)67)52(80)65-37(15-28-20-57-21-59-28)51(79)64-35(45(56)73)11-12-42(71)72)60-47(75)23(2)62-50(78)36(63-26(5)68)8-6-7-13-58-49(77)27-9-10-29(30(14-27)53(81)82)43-31-16-33(54)38(69)18-40(31)83-41-19-39(70)34(55)17-32(41)43/h9-10,14,16-25,35-37,44,67,69H,6-8,11-13,15H2,1-5H3,(H2,56,73)(H,57,59)(H,58,77)(H,60,75)(H,61,74)(H,62,78)(H,63,68)(H,64,79)(H,65,80)(H,66,76)(H,71,72)(H,81,82)/t22-,23-,24-,25+,35-,36-,37-,44-/m1/s1. The molecule has 0 fully saturated rings. The number of amides is 9. The van der Waals surface area contributed by atoms with E-state index >= 15 is 0 Å². The molecule has 1 aromatic heterocycles. The maximum atomic E-state index is 14.7. The number of unbranched alkanes of at least 4 members (excludes halogenated alkanes) is 1. The zero-order valence-corrected chi connectivity index (χ0v) is 45.1. The van der Waals surface area contributed by atoms with Crippen LogP contribution in [-0.2, 0) is 49.6 Å². The van der Waals surface area contributed by atoms with E-state index in [9.17, 15) is 81.6 Å². The van der Waals surface area contributed by atoms with Crippen LogP contribution in [0.25, 0.3) is 33.4 Å². The molecular weight excluding hydrogens is 1100 g/mol. The van der Waals surface area contributed by atoms with Gasteiger partial charge in [0.05, 0.1) is 18.0 Å². The molecule has 0 saturated heterocycles. The van der Waals surface area contributed by atoms with E-state index in [1.807, 2.05) is 0 Å². The smallest absolute Gasteiger partial charge is 0.336 e. The highest BCUT2D eigenvalue weighted by molar-refractivity contribution is 6.09. The first kappa shape index (κ1) is 64.0. The van der Waals surface area contributed by atoms with Crippen LogP contribution in [0.3, 0.4) is 0 Å². The van der Waals surface area contributed by atoms with Crippen LogP contribution in [0.2, 0.25) is 0 Å². The highest BCUT2D eigenvalue weighted by atomic mass is 19.1. The van der Waals surface area contributed by atoms with Crippen molar-refractivity contribution in [1.82, 2.24) is 52.5 Å². The van der Waals surface area contributed by atoms with E-state index in [4.69, 9.17) is 15.3 Å². The molecule has 0 saturated carbocycles. The summed E-state index contributed by atoms with van der Waals surface area (Å²) in [5.74, 6) is -14.2. The van der Waals surface area contributed by atoms with E-state index in [-0.39, 0.29) is 77.6 Å². The SMILES string of the molecule is CC(=O)N[C@H](CCCCNC(=O)c1ccc(-c2c3cc(F)c(=O)cc-3oc3cc(O)c(F)cc23)c(C(=O)O)c1)C(=O)N[C@H](C)C(=O)N[C@H](C)C(=O)N[C@H](C)C(=O)N[C@@H](C(=O)N[C@H](Cc1cnc[nH]1)C(=O)N[C@H](CCC(=O)O)C(N)=O)[C@H](C)O. The van der Waals surface area contributed by atoms with E-state index in [1.165, 1.54) is 45.4 Å². The van der Waals surface area contributed by atoms with Crippen molar-refractivity contribution in [1.29, 1.82) is 0 Å². The van der Waals surface area contributed by atoms with Crippen LogP contribution in [0.4, 0.5) is 8.78 Å². The minimum Gasteiger partial charge on any atom is -0.505 e. The van der Waals surface area contributed by atoms with E-state index in [0.29, 0.717) is 5.69 Å². The number of aliphatic carboxylic acids is 1. The average Bonchev–Trinajstić information content (AvgIpc) is 1.95. The van der Waals surface area contributed by atoms with E-state index in [0.717, 1.165) is 44.2 Å². The Hall–Kier alpha value is -9.87. The Kier molecular flexibility index (Phi) is 22.0. The number of carbonyl (C=O) groups is 11. The van der Waals surface area contributed by atoms with Gasteiger partial charge in [-0.2, -0.15) is 0 Å². The number of imidazole rings is 1. The molecule has 1 aliphatic carbocycles. The average molecular weight is 1160 g/mol. The maximum absolute atomic E-state index is 14.7. The Bertz CT molecular complexity index is 3340. The number of carboxylic acids is 2. The molecule has 0 spiro atoms. The van der Waals surface area contributed by atoms with Gasteiger partial charge in [0.1, 0.15) is 53.6 Å². The number of primary amides is 1. The third-order valence-corrected chi connectivity index (χ3v) is 12.8. The van der Waals surface area contributed by atoms with Crippen LogP contribution in [0.15, 0.2) is 64.2 Å². The van der Waals surface area contributed by atoms with Crippen LogP contribution in [0.5, 0.6) is 5.75 Å². The van der Waals surface area contributed by atoms with Crippen molar-refractivity contribution in [2.75, 3.05) is 6.54 Å². The summed E-state index contributed by atoms with van der Waals surface area (Å²) in [5, 5.41) is 59.0. The number of nitrogens with two attached hydrogens (primary N) is 1. The molecule has 1 aliphatic heterocycles. The zero-order valence-electron chi connectivity index (χ0n) is 45.1. The lowest BCUT2D eigenvalue weighted by atomic mass is 9.89. The number of aromatic carboxylic acids is 1. The van der Waals surface area contributed by atoms with Crippen molar-refractivity contribution >= 4 is 76.1 Å². The number of aromatic hydroxyl groups is 1. The second kappa shape index (κ2) is 28.5. The predicted molar refractivity (Wildman–Crippen MR) is 286 cm³/mol. The predicted octanol–water partition coefficient (Wildman–Crippen LogP) is -0.683. The number of hydrogen-bond donors (Lipinski definition) is 14. The molecule has 9 amide bonds. The molecule has 0 radical (unpaired) electrons. The van der Waals surface area contributed by atoms with Gasteiger partial charge in [-0.15, -0.1) is 0 Å². The number of H-pyrrole nitrogens is 1. The van der Waals surface area contributed by atoms with Crippen LogP contribution < -0.4 is 53.7 Å². The lowest BCUT2D eigenvalue weighted by molar-refractivity contribution is -0.138. The summed E-state index contributed by atoms with van der Waals surface area (Å²) >= 11 is 0. The van der Waals surface area contributed by atoms with E-state index in [1.54, 1.807) is 0 Å². The first-order valence-corrected chi connectivity index (χ1v) is 25.6. The number of aromatic amines is 1. The van der Waals surface area contributed by atoms with Crippen LogP contribution >= 0.6 is 0 Å². The van der Waals surface area contributed by atoms with Crippen molar-refractivity contribution < 1.29 is 86.4 Å². The van der Waals surface area contributed by atoms with Gasteiger partial charge >= 0.3 is 11.9 Å². The number of halogens is 2. The second-order valence-corrected chi connectivity index (χ2v) is 19.3. The number of nitrogens with zero attached hydrogens (tertiary/aromatic N) is 1. The number of aliphatic hydroxyl groups is 1. The Labute approximate surface area is 469 Å². The zero-order chi connectivity index (χ0) is 61.6.